The summed E-state index contributed by atoms with van der Waals surface area (Å²) in [5, 5.41) is 12.6. The molecule has 0 spiro atoms. The number of halogens is 2. The van der Waals surface area contributed by atoms with Gasteiger partial charge in [-0.1, -0.05) is 23.7 Å². The lowest BCUT2D eigenvalue weighted by atomic mass is 10.2. The molecule has 0 aliphatic heterocycles. The molecule has 1 atom stereocenters. The molecule has 0 bridgehead atoms. The first-order valence-electron chi connectivity index (χ1n) is 8.67. The summed E-state index contributed by atoms with van der Waals surface area (Å²) in [4.78, 5) is 27.1. The topological polar surface area (TPSA) is 90.1 Å². The molecule has 1 unspecified atom stereocenters. The van der Waals surface area contributed by atoms with Gasteiger partial charge >= 0.3 is 0 Å². The van der Waals surface area contributed by atoms with Crippen LogP contribution in [0.5, 0.6) is 0 Å². The predicted octanol–water partition coefficient (Wildman–Crippen LogP) is 3.29. The molecule has 2 amide bonds. The van der Waals surface area contributed by atoms with Gasteiger partial charge in [-0.25, -0.2) is 0 Å². The molecule has 1 heterocycles. The van der Waals surface area contributed by atoms with Gasteiger partial charge in [0.2, 0.25) is 0 Å². The normalized spacial score (nSPS) is 14.9. The fourth-order valence-electron chi connectivity index (χ4n) is 2.82. The van der Waals surface area contributed by atoms with E-state index in [1.807, 2.05) is 6.92 Å². The third-order valence-electron chi connectivity index (χ3n) is 4.39. The van der Waals surface area contributed by atoms with Gasteiger partial charge in [-0.3, -0.25) is 14.7 Å². The molecule has 3 rings (SSSR count). The zero-order chi connectivity index (χ0) is 19.6. The lowest BCUT2D eigenvalue weighted by Gasteiger charge is -2.21. The number of carbonyl (C=O) groups excluding carboxylic acids is 2. The highest BCUT2D eigenvalue weighted by Crippen LogP contribution is 2.26. The second-order valence-electron chi connectivity index (χ2n) is 6.74. The molecule has 9 heteroatoms. The van der Waals surface area contributed by atoms with Gasteiger partial charge in [-0.05, 0) is 54.9 Å². The number of aromatic nitrogens is 2. The molecule has 3 N–H and O–H groups in total. The molecule has 1 aliphatic carbocycles. The maximum absolute atomic E-state index is 12.5. The van der Waals surface area contributed by atoms with Crippen LogP contribution in [0.1, 0.15) is 40.6 Å². The fourth-order valence-corrected chi connectivity index (χ4v) is 3.50. The molecule has 1 aromatic heterocycles. The van der Waals surface area contributed by atoms with Gasteiger partial charge in [-0.15, -0.1) is 0 Å². The first kappa shape index (κ1) is 19.9. The Kier molecular flexibility index (Phi) is 6.18. The first-order valence-corrected chi connectivity index (χ1v) is 9.84. The number of H-pyrrole nitrogens is 1. The summed E-state index contributed by atoms with van der Waals surface area (Å²) in [5.41, 5.74) is 0.585. The molecular formula is C18H21BrClN5O2. The van der Waals surface area contributed by atoms with Crippen LogP contribution in [0.25, 0.3) is 0 Å². The van der Waals surface area contributed by atoms with Crippen LogP contribution in [0.2, 0.25) is 5.02 Å². The van der Waals surface area contributed by atoms with E-state index in [-0.39, 0.29) is 23.5 Å². The molecule has 1 aromatic carbocycles. The third kappa shape index (κ3) is 4.88. The highest BCUT2D eigenvalue weighted by atomic mass is 79.9. The molecule has 1 fully saturated rings. The van der Waals surface area contributed by atoms with E-state index in [1.54, 1.807) is 24.3 Å². The number of rotatable bonds is 7. The number of amides is 2. The summed E-state index contributed by atoms with van der Waals surface area (Å²) in [6.07, 6.45) is 2.44. The van der Waals surface area contributed by atoms with Crippen molar-refractivity contribution in [3.05, 3.63) is 45.0 Å². The SMILES string of the molecule is CC(CN(C)C1CC1)NC(=O)c1[nH]nc(NC(=O)c2ccccc2Cl)c1Br. The number of hydrogen-bond donors (Lipinski definition) is 3. The number of nitrogens with one attached hydrogen (secondary N) is 3. The Hall–Kier alpha value is -1.90. The zero-order valence-electron chi connectivity index (χ0n) is 15.1. The summed E-state index contributed by atoms with van der Waals surface area (Å²) in [6.45, 7) is 2.74. The first-order chi connectivity index (χ1) is 12.9. The van der Waals surface area contributed by atoms with Gasteiger partial charge in [0.05, 0.1) is 15.1 Å². The number of benzene rings is 1. The lowest BCUT2D eigenvalue weighted by molar-refractivity contribution is 0.0924. The number of nitrogens with zero attached hydrogens (tertiary/aromatic N) is 2. The van der Waals surface area contributed by atoms with Gasteiger partial charge in [0.1, 0.15) is 5.69 Å². The van der Waals surface area contributed by atoms with Gasteiger partial charge in [0, 0.05) is 18.6 Å². The highest BCUT2D eigenvalue weighted by Gasteiger charge is 2.27. The number of hydrogen-bond acceptors (Lipinski definition) is 4. The standard InChI is InChI=1S/C18H21BrClN5O2/c1-10(9-25(2)11-7-8-11)21-18(27)15-14(19)16(24-23-15)22-17(26)12-5-3-4-6-13(12)20/h3-6,10-11H,7-9H2,1-2H3,(H,21,27)(H2,22,23,24,26). The van der Waals surface area contributed by atoms with E-state index in [9.17, 15) is 9.59 Å². The van der Waals surface area contributed by atoms with Gasteiger partial charge < -0.3 is 15.5 Å². The second kappa shape index (κ2) is 8.41. The van der Waals surface area contributed by atoms with E-state index in [4.69, 9.17) is 11.6 Å². The Balaban J connectivity index is 1.63. The predicted molar refractivity (Wildman–Crippen MR) is 108 cm³/mol. The minimum Gasteiger partial charge on any atom is -0.347 e. The van der Waals surface area contributed by atoms with E-state index in [1.165, 1.54) is 12.8 Å². The van der Waals surface area contributed by atoms with Crippen molar-refractivity contribution in [1.29, 1.82) is 0 Å². The average Bonchev–Trinajstić information content (AvgIpc) is 3.40. The van der Waals surface area contributed by atoms with Crippen LogP contribution in [-0.2, 0) is 0 Å². The summed E-state index contributed by atoms with van der Waals surface area (Å²) < 4.78 is 0.392. The molecular weight excluding hydrogens is 434 g/mol. The van der Waals surface area contributed by atoms with E-state index >= 15 is 0 Å². The molecule has 0 radical (unpaired) electrons. The maximum Gasteiger partial charge on any atom is 0.270 e. The summed E-state index contributed by atoms with van der Waals surface area (Å²) >= 11 is 9.37. The number of aromatic amines is 1. The maximum atomic E-state index is 12.5. The van der Waals surface area contributed by atoms with Crippen molar-refractivity contribution in [3.63, 3.8) is 0 Å². The van der Waals surface area contributed by atoms with Crippen LogP contribution in [-0.4, -0.2) is 52.6 Å². The smallest absolute Gasteiger partial charge is 0.270 e. The number of likely N-dealkylation sites (N-methyl/N-ethyl adjacent to an activating group) is 1. The van der Waals surface area contributed by atoms with Crippen LogP contribution in [0.15, 0.2) is 28.7 Å². The van der Waals surface area contributed by atoms with Crippen molar-refractivity contribution in [2.24, 2.45) is 0 Å². The fraction of sp³-hybridized carbons (Fsp3) is 0.389. The monoisotopic (exact) mass is 453 g/mol. The van der Waals surface area contributed by atoms with Gasteiger partial charge in [0.25, 0.3) is 11.8 Å². The van der Waals surface area contributed by atoms with Crippen LogP contribution < -0.4 is 10.6 Å². The van der Waals surface area contributed by atoms with E-state index < -0.39 is 5.91 Å². The molecule has 1 saturated carbocycles. The molecule has 0 saturated heterocycles. The summed E-state index contributed by atoms with van der Waals surface area (Å²) in [7, 11) is 2.06. The van der Waals surface area contributed by atoms with E-state index in [2.05, 4.69) is 48.7 Å². The lowest BCUT2D eigenvalue weighted by Crippen LogP contribution is -2.41. The summed E-state index contributed by atoms with van der Waals surface area (Å²) in [6, 6.07) is 7.33. The van der Waals surface area contributed by atoms with Crippen LogP contribution in [0.3, 0.4) is 0 Å². The van der Waals surface area contributed by atoms with Crippen molar-refractivity contribution in [2.75, 3.05) is 18.9 Å². The Morgan fingerprint density at radius 3 is 2.74 bits per heavy atom. The minimum absolute atomic E-state index is 0.0144. The van der Waals surface area contributed by atoms with Crippen LogP contribution in [0, 0.1) is 0 Å². The Morgan fingerprint density at radius 1 is 1.37 bits per heavy atom. The van der Waals surface area contributed by atoms with E-state index in [0.717, 1.165) is 6.54 Å². The van der Waals surface area contributed by atoms with Crippen LogP contribution in [0.4, 0.5) is 5.82 Å². The molecule has 144 valence electrons. The van der Waals surface area contributed by atoms with Gasteiger partial charge in [0.15, 0.2) is 5.82 Å². The van der Waals surface area contributed by atoms with Crippen molar-refractivity contribution < 1.29 is 9.59 Å². The Bertz CT molecular complexity index is 852. The number of anilines is 1. The molecule has 7 nitrogen and oxygen atoms in total. The third-order valence-corrected chi connectivity index (χ3v) is 5.50. The molecule has 2 aromatic rings. The van der Waals surface area contributed by atoms with Crippen LogP contribution >= 0.6 is 27.5 Å². The highest BCUT2D eigenvalue weighted by molar-refractivity contribution is 9.10. The average molecular weight is 455 g/mol. The van der Waals surface area contributed by atoms with Crippen molar-refractivity contribution in [1.82, 2.24) is 20.4 Å². The quantitative estimate of drug-likeness (QED) is 0.599. The number of carbonyl (C=O) groups is 2. The van der Waals surface area contributed by atoms with Crippen molar-refractivity contribution in [3.8, 4) is 0 Å². The molecule has 1 aliphatic rings. The molecule has 27 heavy (non-hydrogen) atoms. The van der Waals surface area contributed by atoms with Gasteiger partial charge in [-0.2, -0.15) is 5.10 Å². The largest absolute Gasteiger partial charge is 0.347 e. The van der Waals surface area contributed by atoms with E-state index in [0.29, 0.717) is 21.1 Å². The second-order valence-corrected chi connectivity index (χ2v) is 7.94. The summed E-state index contributed by atoms with van der Waals surface area (Å²) in [5.74, 6) is -0.462. The Morgan fingerprint density at radius 2 is 2.07 bits per heavy atom. The minimum atomic E-state index is -0.404. The Labute approximate surface area is 171 Å². The van der Waals surface area contributed by atoms with Crippen molar-refractivity contribution >= 4 is 45.2 Å². The zero-order valence-corrected chi connectivity index (χ0v) is 17.4. The van der Waals surface area contributed by atoms with Crippen molar-refractivity contribution in [2.45, 2.75) is 31.8 Å².